The molecule has 3 nitrogen and oxygen atoms in total. The van der Waals surface area contributed by atoms with Crippen LogP contribution in [0.5, 0.6) is 5.75 Å². The Morgan fingerprint density at radius 3 is 2.17 bits per heavy atom. The van der Waals surface area contributed by atoms with Crippen LogP contribution in [-0.4, -0.2) is 45.2 Å². The van der Waals surface area contributed by atoms with Gasteiger partial charge in [-0.15, -0.1) is 0 Å². The average molecular weight is 250 g/mol. The Morgan fingerprint density at radius 2 is 1.67 bits per heavy atom. The summed E-state index contributed by atoms with van der Waals surface area (Å²) >= 11 is 0. The second-order valence-electron chi connectivity index (χ2n) is 4.44. The standard InChI is InChI=1S/C13H20N2O.C2H6/c1-11-10-12(4-5-13(11)16-3)15-8-6-14(2)7-9-15;1-2/h4-5,10H,6-9H2,1-3H3;1-2H3. The summed E-state index contributed by atoms with van der Waals surface area (Å²) in [5, 5.41) is 0. The van der Waals surface area contributed by atoms with Crippen molar-refractivity contribution in [2.24, 2.45) is 0 Å². The number of ether oxygens (including phenoxy) is 1. The number of anilines is 1. The van der Waals surface area contributed by atoms with Crippen molar-refractivity contribution in [3.63, 3.8) is 0 Å². The highest BCUT2D eigenvalue weighted by Gasteiger charge is 2.14. The van der Waals surface area contributed by atoms with Gasteiger partial charge in [0.1, 0.15) is 5.75 Å². The van der Waals surface area contributed by atoms with Gasteiger partial charge in [-0.1, -0.05) is 13.8 Å². The van der Waals surface area contributed by atoms with E-state index in [9.17, 15) is 0 Å². The summed E-state index contributed by atoms with van der Waals surface area (Å²) in [4.78, 5) is 4.80. The summed E-state index contributed by atoms with van der Waals surface area (Å²) < 4.78 is 5.28. The fourth-order valence-electron chi connectivity index (χ4n) is 2.12. The normalized spacial score (nSPS) is 15.9. The molecule has 0 aromatic heterocycles. The summed E-state index contributed by atoms with van der Waals surface area (Å²) in [6.45, 7) is 10.6. The summed E-state index contributed by atoms with van der Waals surface area (Å²) in [6.07, 6.45) is 0. The van der Waals surface area contributed by atoms with Gasteiger partial charge in [0.05, 0.1) is 7.11 Å². The summed E-state index contributed by atoms with van der Waals surface area (Å²) in [6, 6.07) is 6.42. The molecule has 1 heterocycles. The first-order valence-electron chi connectivity index (χ1n) is 6.79. The second kappa shape index (κ2) is 7.27. The molecule has 0 atom stereocenters. The predicted molar refractivity (Wildman–Crippen MR) is 78.8 cm³/mol. The van der Waals surface area contributed by atoms with Gasteiger partial charge in [0, 0.05) is 31.9 Å². The molecule has 0 radical (unpaired) electrons. The zero-order chi connectivity index (χ0) is 13.5. The first-order chi connectivity index (χ1) is 8.70. The van der Waals surface area contributed by atoms with Crippen LogP contribution in [0.1, 0.15) is 19.4 Å². The molecule has 1 aromatic rings. The van der Waals surface area contributed by atoms with E-state index in [1.165, 1.54) is 11.3 Å². The molecule has 0 aliphatic carbocycles. The van der Waals surface area contributed by atoms with Crippen LogP contribution in [0.25, 0.3) is 0 Å². The molecular weight excluding hydrogens is 224 g/mol. The molecule has 0 unspecified atom stereocenters. The van der Waals surface area contributed by atoms with Crippen molar-refractivity contribution in [3.8, 4) is 5.75 Å². The zero-order valence-corrected chi connectivity index (χ0v) is 12.4. The number of nitrogens with zero attached hydrogens (tertiary/aromatic N) is 2. The van der Waals surface area contributed by atoms with Crippen LogP contribution in [0, 0.1) is 6.92 Å². The second-order valence-corrected chi connectivity index (χ2v) is 4.44. The molecule has 1 fully saturated rings. The van der Waals surface area contributed by atoms with Crippen LogP contribution >= 0.6 is 0 Å². The van der Waals surface area contributed by atoms with E-state index in [4.69, 9.17) is 4.74 Å². The maximum Gasteiger partial charge on any atom is 0.121 e. The topological polar surface area (TPSA) is 15.7 Å². The van der Waals surface area contributed by atoms with Gasteiger partial charge in [0.15, 0.2) is 0 Å². The zero-order valence-electron chi connectivity index (χ0n) is 12.4. The number of piperazine rings is 1. The molecule has 1 aromatic carbocycles. The fraction of sp³-hybridized carbons (Fsp3) is 0.600. The highest BCUT2D eigenvalue weighted by molar-refractivity contribution is 5.53. The van der Waals surface area contributed by atoms with Crippen molar-refractivity contribution in [3.05, 3.63) is 23.8 Å². The predicted octanol–water partition coefficient (Wildman–Crippen LogP) is 2.78. The first-order valence-corrected chi connectivity index (χ1v) is 6.79. The molecule has 0 bridgehead atoms. The Labute approximate surface area is 111 Å². The Hall–Kier alpha value is -1.22. The largest absolute Gasteiger partial charge is 0.496 e. The van der Waals surface area contributed by atoms with Gasteiger partial charge in [-0.2, -0.15) is 0 Å². The van der Waals surface area contributed by atoms with Crippen LogP contribution in [0.3, 0.4) is 0 Å². The number of methoxy groups -OCH3 is 1. The van der Waals surface area contributed by atoms with E-state index in [1.807, 2.05) is 13.8 Å². The summed E-state index contributed by atoms with van der Waals surface area (Å²) in [7, 11) is 3.90. The highest BCUT2D eigenvalue weighted by atomic mass is 16.5. The van der Waals surface area contributed by atoms with E-state index in [2.05, 4.69) is 42.0 Å². The van der Waals surface area contributed by atoms with Gasteiger partial charge < -0.3 is 14.5 Å². The van der Waals surface area contributed by atoms with E-state index < -0.39 is 0 Å². The van der Waals surface area contributed by atoms with E-state index in [1.54, 1.807) is 7.11 Å². The third kappa shape index (κ3) is 3.64. The minimum atomic E-state index is 0.970. The molecule has 0 spiro atoms. The van der Waals surface area contributed by atoms with Crippen LogP contribution < -0.4 is 9.64 Å². The minimum Gasteiger partial charge on any atom is -0.496 e. The van der Waals surface area contributed by atoms with Crippen molar-refractivity contribution >= 4 is 5.69 Å². The molecule has 0 N–H and O–H groups in total. The molecule has 1 aliphatic heterocycles. The monoisotopic (exact) mass is 250 g/mol. The molecule has 3 heteroatoms. The Kier molecular flexibility index (Phi) is 5.99. The lowest BCUT2D eigenvalue weighted by Gasteiger charge is -2.34. The quantitative estimate of drug-likeness (QED) is 0.802. The van der Waals surface area contributed by atoms with Gasteiger partial charge in [-0.25, -0.2) is 0 Å². The van der Waals surface area contributed by atoms with Gasteiger partial charge in [-0.05, 0) is 37.7 Å². The molecular formula is C15H26N2O. The molecule has 2 rings (SSSR count). The lowest BCUT2D eigenvalue weighted by atomic mass is 10.1. The maximum atomic E-state index is 5.28. The van der Waals surface area contributed by atoms with E-state index in [0.29, 0.717) is 0 Å². The third-order valence-corrected chi connectivity index (χ3v) is 3.25. The van der Waals surface area contributed by atoms with Gasteiger partial charge in [-0.3, -0.25) is 0 Å². The molecule has 0 amide bonds. The van der Waals surface area contributed by atoms with Gasteiger partial charge in [0.2, 0.25) is 0 Å². The summed E-state index contributed by atoms with van der Waals surface area (Å²) in [5.74, 6) is 0.970. The first kappa shape index (κ1) is 14.8. The third-order valence-electron chi connectivity index (χ3n) is 3.25. The smallest absolute Gasteiger partial charge is 0.121 e. The molecule has 0 saturated carbocycles. The van der Waals surface area contributed by atoms with Crippen molar-refractivity contribution in [2.45, 2.75) is 20.8 Å². The lowest BCUT2D eigenvalue weighted by Crippen LogP contribution is -2.44. The van der Waals surface area contributed by atoms with Gasteiger partial charge in [0.25, 0.3) is 0 Å². The van der Waals surface area contributed by atoms with Crippen molar-refractivity contribution in [1.82, 2.24) is 4.90 Å². The van der Waals surface area contributed by atoms with Crippen LogP contribution in [-0.2, 0) is 0 Å². The number of rotatable bonds is 2. The molecule has 1 saturated heterocycles. The lowest BCUT2D eigenvalue weighted by molar-refractivity contribution is 0.313. The van der Waals surface area contributed by atoms with E-state index >= 15 is 0 Å². The van der Waals surface area contributed by atoms with Crippen LogP contribution in [0.2, 0.25) is 0 Å². The number of likely N-dealkylation sites (N-methyl/N-ethyl adjacent to an activating group) is 1. The van der Waals surface area contributed by atoms with Crippen LogP contribution in [0.15, 0.2) is 18.2 Å². The number of benzene rings is 1. The van der Waals surface area contributed by atoms with Crippen LogP contribution in [0.4, 0.5) is 5.69 Å². The Morgan fingerprint density at radius 1 is 1.06 bits per heavy atom. The van der Waals surface area contributed by atoms with Crippen molar-refractivity contribution in [2.75, 3.05) is 45.2 Å². The minimum absolute atomic E-state index is 0.970. The summed E-state index contributed by atoms with van der Waals surface area (Å²) in [5.41, 5.74) is 2.52. The molecule has 102 valence electrons. The van der Waals surface area contributed by atoms with Crippen molar-refractivity contribution in [1.29, 1.82) is 0 Å². The fourth-order valence-corrected chi connectivity index (χ4v) is 2.12. The van der Waals surface area contributed by atoms with Crippen molar-refractivity contribution < 1.29 is 4.74 Å². The molecule has 1 aliphatic rings. The Balaban J connectivity index is 0.000000771. The highest BCUT2D eigenvalue weighted by Crippen LogP contribution is 2.24. The van der Waals surface area contributed by atoms with E-state index in [-0.39, 0.29) is 0 Å². The Bertz CT molecular complexity index is 358. The number of aryl methyl sites for hydroxylation is 1. The SMILES string of the molecule is CC.COc1ccc(N2CCN(C)CC2)cc1C. The molecule has 18 heavy (non-hydrogen) atoms. The average Bonchev–Trinajstić information content (AvgIpc) is 2.42. The number of hydrogen-bond donors (Lipinski definition) is 0. The number of hydrogen-bond acceptors (Lipinski definition) is 3. The maximum absolute atomic E-state index is 5.28. The van der Waals surface area contributed by atoms with E-state index in [0.717, 1.165) is 31.9 Å². The van der Waals surface area contributed by atoms with Gasteiger partial charge >= 0.3 is 0 Å².